The third kappa shape index (κ3) is 3.35. The van der Waals surface area contributed by atoms with Gasteiger partial charge < -0.3 is 15.1 Å². The van der Waals surface area contributed by atoms with Gasteiger partial charge in [0.1, 0.15) is 30.1 Å². The van der Waals surface area contributed by atoms with Crippen LogP contribution in [0.2, 0.25) is 0 Å². The minimum absolute atomic E-state index is 0.0878. The number of likely N-dealkylation sites (N-methyl/N-ethyl adjacent to an activating group) is 1. The Bertz CT molecular complexity index is 1140. The van der Waals surface area contributed by atoms with Crippen LogP contribution in [0.4, 0.5) is 27.8 Å². The highest BCUT2D eigenvalue weighted by molar-refractivity contribution is 5.93. The van der Waals surface area contributed by atoms with Crippen LogP contribution >= 0.6 is 0 Å². The van der Waals surface area contributed by atoms with Crippen molar-refractivity contribution in [1.82, 2.24) is 19.8 Å². The first-order chi connectivity index (χ1) is 16.0. The molecule has 1 aliphatic carbocycles. The van der Waals surface area contributed by atoms with Crippen LogP contribution in [-0.2, 0) is 22.9 Å². The Balaban J connectivity index is 1.53. The fraction of sp³-hybridized carbons (Fsp3) is 0.522. The summed E-state index contributed by atoms with van der Waals surface area (Å²) < 4.78 is 68.2. The predicted molar refractivity (Wildman–Crippen MR) is 113 cm³/mol. The van der Waals surface area contributed by atoms with Crippen molar-refractivity contribution in [3.05, 3.63) is 52.7 Å². The molecule has 3 heterocycles. The van der Waals surface area contributed by atoms with Crippen LogP contribution in [0.3, 0.4) is 0 Å². The highest BCUT2D eigenvalue weighted by Gasteiger charge is 2.62. The van der Waals surface area contributed by atoms with E-state index in [1.165, 1.54) is 19.3 Å². The molecule has 0 radical (unpaired) electrons. The summed E-state index contributed by atoms with van der Waals surface area (Å²) in [4.78, 5) is 25.7. The molecule has 1 aromatic carbocycles. The molecule has 2 fully saturated rings. The lowest BCUT2D eigenvalue weighted by molar-refractivity contribution is -0.151. The Labute approximate surface area is 193 Å². The van der Waals surface area contributed by atoms with Crippen molar-refractivity contribution < 1.29 is 26.7 Å². The van der Waals surface area contributed by atoms with Crippen molar-refractivity contribution in [2.45, 2.75) is 49.5 Å². The minimum Gasteiger partial charge on any atom is -0.363 e. The number of nitrogens with one attached hydrogen (secondary N) is 1. The Kier molecular flexibility index (Phi) is 5.12. The minimum atomic E-state index is -4.82. The van der Waals surface area contributed by atoms with Gasteiger partial charge in [-0.25, -0.2) is 18.7 Å². The molecule has 5 rings (SSSR count). The first kappa shape index (κ1) is 22.9. The molecule has 1 saturated heterocycles. The molecule has 182 valence electrons. The number of hydrogen-bond donors (Lipinski definition) is 1. The normalized spacial score (nSPS) is 21.7. The van der Waals surface area contributed by atoms with E-state index in [1.807, 2.05) is 11.9 Å². The van der Waals surface area contributed by atoms with Gasteiger partial charge in [0, 0.05) is 24.2 Å². The number of alkyl halides is 4. The molecule has 0 unspecified atom stereocenters. The van der Waals surface area contributed by atoms with Crippen molar-refractivity contribution in [3.63, 3.8) is 0 Å². The number of benzene rings is 1. The Hall–Kier alpha value is -2.82. The quantitative estimate of drug-likeness (QED) is 0.658. The lowest BCUT2D eigenvalue weighted by Gasteiger charge is -2.53. The van der Waals surface area contributed by atoms with Gasteiger partial charge in [0.25, 0.3) is 0 Å². The van der Waals surface area contributed by atoms with Gasteiger partial charge in [0.2, 0.25) is 5.91 Å². The molecule has 1 aromatic heterocycles. The summed E-state index contributed by atoms with van der Waals surface area (Å²) in [6.45, 7) is 1.82. The third-order valence-electron chi connectivity index (χ3n) is 7.25. The number of carbonyl (C=O) groups is 1. The highest BCUT2D eigenvalue weighted by Crippen LogP contribution is 2.50. The van der Waals surface area contributed by atoms with E-state index in [4.69, 9.17) is 0 Å². The van der Waals surface area contributed by atoms with Gasteiger partial charge in [0.15, 0.2) is 0 Å². The zero-order valence-corrected chi connectivity index (χ0v) is 18.7. The molecule has 1 amide bonds. The Morgan fingerprint density at radius 1 is 1.21 bits per heavy atom. The predicted octanol–water partition coefficient (Wildman–Crippen LogP) is 3.84. The molecule has 34 heavy (non-hydrogen) atoms. The Morgan fingerprint density at radius 2 is 1.91 bits per heavy atom. The molecule has 2 aromatic rings. The molecule has 11 heteroatoms. The van der Waals surface area contributed by atoms with E-state index in [0.29, 0.717) is 49.1 Å². The number of amides is 1. The molecular weight excluding hydrogens is 457 g/mol. The topological polar surface area (TPSA) is 61.4 Å². The average molecular weight is 481 g/mol. The maximum atomic E-state index is 14.7. The zero-order chi connectivity index (χ0) is 24.5. The summed E-state index contributed by atoms with van der Waals surface area (Å²) in [6, 6.07) is 2.29. The van der Waals surface area contributed by atoms with E-state index >= 15 is 0 Å². The number of anilines is 1. The largest absolute Gasteiger partial charge is 0.419 e. The molecular formula is C23H24F5N5O. The standard InChI is InChI=1S/C23H24F5N5O/c1-13(14-4-3-5-16(17(14)25)23(26,27)28)31-19-15-8-33(21(9-24)6-7-21)20(34)22(10-32(2)11-22)18(15)29-12-30-19/h3-5,12-13H,6-11H2,1-2H3,(H,29,30,31)/t13-/m1/s1. The van der Waals surface area contributed by atoms with E-state index in [2.05, 4.69) is 15.3 Å². The number of fused-ring (bicyclic) bond motifs is 2. The second-order valence-corrected chi connectivity index (χ2v) is 9.63. The fourth-order valence-electron chi connectivity index (χ4n) is 5.24. The third-order valence-corrected chi connectivity index (χ3v) is 7.25. The van der Waals surface area contributed by atoms with E-state index in [1.54, 1.807) is 4.90 Å². The summed E-state index contributed by atoms with van der Waals surface area (Å²) in [5.41, 5.74) is -2.12. The first-order valence-corrected chi connectivity index (χ1v) is 11.1. The monoisotopic (exact) mass is 481 g/mol. The van der Waals surface area contributed by atoms with E-state index < -0.39 is 41.2 Å². The first-order valence-electron chi connectivity index (χ1n) is 11.1. The van der Waals surface area contributed by atoms with Crippen LogP contribution in [0, 0.1) is 5.82 Å². The van der Waals surface area contributed by atoms with Crippen molar-refractivity contribution >= 4 is 11.7 Å². The molecule has 6 nitrogen and oxygen atoms in total. The van der Waals surface area contributed by atoms with Crippen molar-refractivity contribution in [3.8, 4) is 0 Å². The van der Waals surface area contributed by atoms with Gasteiger partial charge in [-0.05, 0) is 32.9 Å². The van der Waals surface area contributed by atoms with Crippen molar-refractivity contribution in [1.29, 1.82) is 0 Å². The summed E-state index contributed by atoms with van der Waals surface area (Å²) in [5.74, 6) is -1.20. The van der Waals surface area contributed by atoms with Crippen molar-refractivity contribution in [2.75, 3.05) is 32.1 Å². The molecule has 1 saturated carbocycles. The molecule has 1 spiro atoms. The summed E-state index contributed by atoms with van der Waals surface area (Å²) >= 11 is 0. The van der Waals surface area contributed by atoms with Gasteiger partial charge in [0.05, 0.1) is 29.4 Å². The van der Waals surface area contributed by atoms with Gasteiger partial charge >= 0.3 is 6.18 Å². The number of likely N-dealkylation sites (tertiary alicyclic amines) is 1. The number of hydrogen-bond acceptors (Lipinski definition) is 5. The van der Waals surface area contributed by atoms with E-state index in [9.17, 15) is 26.7 Å². The summed E-state index contributed by atoms with van der Waals surface area (Å²) in [5, 5.41) is 3.02. The van der Waals surface area contributed by atoms with Crippen molar-refractivity contribution in [2.24, 2.45) is 0 Å². The van der Waals surface area contributed by atoms with Crippen LogP contribution in [0.5, 0.6) is 0 Å². The maximum Gasteiger partial charge on any atom is 0.419 e. The van der Waals surface area contributed by atoms with Gasteiger partial charge in [-0.3, -0.25) is 4.79 Å². The molecule has 3 aliphatic rings. The number of halogens is 5. The maximum absolute atomic E-state index is 14.7. The number of nitrogens with zero attached hydrogens (tertiary/aromatic N) is 4. The van der Waals surface area contributed by atoms with E-state index in [-0.39, 0.29) is 18.0 Å². The molecule has 0 bridgehead atoms. The number of aromatic nitrogens is 2. The highest BCUT2D eigenvalue weighted by atomic mass is 19.4. The van der Waals surface area contributed by atoms with Crippen LogP contribution < -0.4 is 5.32 Å². The summed E-state index contributed by atoms with van der Waals surface area (Å²) in [7, 11) is 1.87. The average Bonchev–Trinajstić information content (AvgIpc) is 3.55. The second kappa shape index (κ2) is 7.59. The molecule has 2 aliphatic heterocycles. The Morgan fingerprint density at radius 3 is 2.50 bits per heavy atom. The molecule has 1 atom stereocenters. The molecule has 1 N–H and O–H groups in total. The van der Waals surface area contributed by atoms with Gasteiger partial charge in [-0.1, -0.05) is 12.1 Å². The lowest BCUT2D eigenvalue weighted by Crippen LogP contribution is -2.69. The van der Waals surface area contributed by atoms with Crippen LogP contribution in [0.25, 0.3) is 0 Å². The number of carbonyl (C=O) groups excluding carboxylic acids is 1. The van der Waals surface area contributed by atoms with Gasteiger partial charge in [-0.15, -0.1) is 0 Å². The summed E-state index contributed by atoms with van der Waals surface area (Å²) in [6.07, 6.45) is -2.39. The zero-order valence-electron chi connectivity index (χ0n) is 18.7. The second-order valence-electron chi connectivity index (χ2n) is 9.63. The van der Waals surface area contributed by atoms with E-state index in [0.717, 1.165) is 6.07 Å². The van der Waals surface area contributed by atoms with Crippen LogP contribution in [0.15, 0.2) is 24.5 Å². The van der Waals surface area contributed by atoms with Gasteiger partial charge in [-0.2, -0.15) is 13.2 Å². The SMILES string of the molecule is C[C@@H](Nc1ncnc2c1CN(C1(CF)CC1)C(=O)C21CN(C)C1)c1cccc(C(F)(F)F)c1F. The van der Waals surface area contributed by atoms with Crippen LogP contribution in [-0.4, -0.2) is 58.0 Å². The smallest absolute Gasteiger partial charge is 0.363 e. The lowest BCUT2D eigenvalue weighted by atomic mass is 9.71. The van der Waals surface area contributed by atoms with Crippen LogP contribution in [0.1, 0.15) is 48.2 Å². The number of rotatable bonds is 5. The fourth-order valence-corrected chi connectivity index (χ4v) is 5.24.